The predicted molar refractivity (Wildman–Crippen MR) is 67.6 cm³/mol. The van der Waals surface area contributed by atoms with E-state index in [1.807, 2.05) is 0 Å². The highest BCUT2D eigenvalue weighted by Crippen LogP contribution is 2.07. The van der Waals surface area contributed by atoms with Gasteiger partial charge in [0.05, 0.1) is 6.61 Å². The number of hydrogen-bond donors (Lipinski definition) is 1. The fraction of sp³-hybridized carbons (Fsp3) is 1.00. The highest BCUT2D eigenvalue weighted by molar-refractivity contribution is 4.81. The standard InChI is InChI=1S/C12H27N3O/c1-11(2)10-16-7-6-15-5-4-14(3)9-12(15)8-13/h11-12H,4-10,13H2,1-3H3. The van der Waals surface area contributed by atoms with E-state index in [1.165, 1.54) is 0 Å². The van der Waals surface area contributed by atoms with Gasteiger partial charge in [0, 0.05) is 45.4 Å². The second-order valence-corrected chi connectivity index (χ2v) is 5.16. The number of likely N-dealkylation sites (N-methyl/N-ethyl adjacent to an activating group) is 1. The molecule has 0 aromatic heterocycles. The number of nitrogens with two attached hydrogens (primary N) is 1. The van der Waals surface area contributed by atoms with Crippen LogP contribution in [0.5, 0.6) is 0 Å². The summed E-state index contributed by atoms with van der Waals surface area (Å²) < 4.78 is 5.62. The van der Waals surface area contributed by atoms with Crippen LogP contribution in [0, 0.1) is 5.92 Å². The fourth-order valence-corrected chi connectivity index (χ4v) is 2.07. The van der Waals surface area contributed by atoms with Crippen molar-refractivity contribution in [2.24, 2.45) is 11.7 Å². The molecule has 0 radical (unpaired) electrons. The average molecular weight is 229 g/mol. The molecule has 96 valence electrons. The quantitative estimate of drug-likeness (QED) is 0.662. The number of ether oxygens (including phenoxy) is 1. The molecular formula is C12H27N3O. The van der Waals surface area contributed by atoms with Gasteiger partial charge in [0.15, 0.2) is 0 Å². The molecule has 1 heterocycles. The zero-order valence-electron chi connectivity index (χ0n) is 11.0. The van der Waals surface area contributed by atoms with Gasteiger partial charge in [0.2, 0.25) is 0 Å². The zero-order chi connectivity index (χ0) is 12.0. The molecule has 1 fully saturated rings. The Morgan fingerprint density at radius 2 is 2.12 bits per heavy atom. The molecule has 0 saturated carbocycles. The SMILES string of the molecule is CC(C)COCCN1CCN(C)CC1CN. The van der Waals surface area contributed by atoms with Crippen LogP contribution in [0.1, 0.15) is 13.8 Å². The summed E-state index contributed by atoms with van der Waals surface area (Å²) in [5, 5.41) is 0. The van der Waals surface area contributed by atoms with Gasteiger partial charge >= 0.3 is 0 Å². The molecule has 1 rings (SSSR count). The normalized spacial score (nSPS) is 24.2. The van der Waals surface area contributed by atoms with Gasteiger partial charge in [-0.05, 0) is 13.0 Å². The van der Waals surface area contributed by atoms with Crippen molar-refractivity contribution in [2.75, 3.05) is 53.0 Å². The first-order chi connectivity index (χ1) is 7.63. The van der Waals surface area contributed by atoms with E-state index in [0.29, 0.717) is 12.0 Å². The predicted octanol–water partition coefficient (Wildman–Crippen LogP) is 0.234. The summed E-state index contributed by atoms with van der Waals surface area (Å²) in [6.07, 6.45) is 0. The first-order valence-electron chi connectivity index (χ1n) is 6.34. The molecule has 4 heteroatoms. The molecule has 0 aromatic carbocycles. The van der Waals surface area contributed by atoms with Gasteiger partial charge < -0.3 is 15.4 Å². The van der Waals surface area contributed by atoms with E-state index in [0.717, 1.165) is 45.9 Å². The van der Waals surface area contributed by atoms with E-state index in [1.54, 1.807) is 0 Å². The van der Waals surface area contributed by atoms with E-state index < -0.39 is 0 Å². The third-order valence-corrected chi connectivity index (χ3v) is 3.05. The van der Waals surface area contributed by atoms with Gasteiger partial charge in [-0.15, -0.1) is 0 Å². The Morgan fingerprint density at radius 1 is 1.38 bits per heavy atom. The van der Waals surface area contributed by atoms with Crippen LogP contribution in [0.25, 0.3) is 0 Å². The van der Waals surface area contributed by atoms with Crippen molar-refractivity contribution < 1.29 is 4.74 Å². The van der Waals surface area contributed by atoms with Crippen molar-refractivity contribution in [3.63, 3.8) is 0 Å². The Hall–Kier alpha value is -0.160. The molecule has 0 amide bonds. The van der Waals surface area contributed by atoms with Crippen LogP contribution in [0.15, 0.2) is 0 Å². The largest absolute Gasteiger partial charge is 0.380 e. The third kappa shape index (κ3) is 4.78. The summed E-state index contributed by atoms with van der Waals surface area (Å²) in [6, 6.07) is 0.501. The lowest BCUT2D eigenvalue weighted by Crippen LogP contribution is -2.55. The summed E-state index contributed by atoms with van der Waals surface area (Å²) in [6.45, 7) is 11.2. The van der Waals surface area contributed by atoms with E-state index in [-0.39, 0.29) is 0 Å². The molecule has 1 atom stereocenters. The van der Waals surface area contributed by atoms with Crippen LogP contribution in [-0.4, -0.2) is 68.8 Å². The van der Waals surface area contributed by atoms with Crippen LogP contribution in [0.2, 0.25) is 0 Å². The van der Waals surface area contributed by atoms with Crippen LogP contribution in [0.3, 0.4) is 0 Å². The molecule has 1 aliphatic rings. The lowest BCUT2D eigenvalue weighted by molar-refractivity contribution is 0.0435. The molecule has 16 heavy (non-hydrogen) atoms. The monoisotopic (exact) mass is 229 g/mol. The van der Waals surface area contributed by atoms with Crippen molar-refractivity contribution in [1.82, 2.24) is 9.80 Å². The molecule has 1 unspecified atom stereocenters. The fourth-order valence-electron chi connectivity index (χ4n) is 2.07. The van der Waals surface area contributed by atoms with Crippen LogP contribution in [0.4, 0.5) is 0 Å². The lowest BCUT2D eigenvalue weighted by Gasteiger charge is -2.39. The minimum atomic E-state index is 0.501. The van der Waals surface area contributed by atoms with Gasteiger partial charge in [-0.3, -0.25) is 4.90 Å². The first-order valence-corrected chi connectivity index (χ1v) is 6.34. The number of hydrogen-bond acceptors (Lipinski definition) is 4. The van der Waals surface area contributed by atoms with E-state index in [2.05, 4.69) is 30.7 Å². The van der Waals surface area contributed by atoms with Crippen LogP contribution in [-0.2, 0) is 4.74 Å². The Balaban J connectivity index is 2.19. The topological polar surface area (TPSA) is 41.7 Å². The van der Waals surface area contributed by atoms with E-state index >= 15 is 0 Å². The Kier molecular flexibility index (Phi) is 6.28. The van der Waals surface area contributed by atoms with Gasteiger partial charge in [-0.1, -0.05) is 13.8 Å². The van der Waals surface area contributed by atoms with Crippen molar-refractivity contribution in [3.8, 4) is 0 Å². The van der Waals surface area contributed by atoms with Gasteiger partial charge in [0.25, 0.3) is 0 Å². The molecule has 2 N–H and O–H groups in total. The molecule has 1 saturated heterocycles. The second-order valence-electron chi connectivity index (χ2n) is 5.16. The molecule has 4 nitrogen and oxygen atoms in total. The molecule has 1 aliphatic heterocycles. The Labute approximate surface area is 99.7 Å². The van der Waals surface area contributed by atoms with Gasteiger partial charge in [-0.25, -0.2) is 0 Å². The number of piperazine rings is 1. The van der Waals surface area contributed by atoms with Crippen molar-refractivity contribution >= 4 is 0 Å². The number of rotatable bonds is 6. The molecule has 0 bridgehead atoms. The van der Waals surface area contributed by atoms with Gasteiger partial charge in [0.1, 0.15) is 0 Å². The summed E-state index contributed by atoms with van der Waals surface area (Å²) in [5.74, 6) is 0.623. The van der Waals surface area contributed by atoms with Gasteiger partial charge in [-0.2, -0.15) is 0 Å². The minimum Gasteiger partial charge on any atom is -0.380 e. The first kappa shape index (κ1) is 13.9. The zero-order valence-corrected chi connectivity index (χ0v) is 11.0. The highest BCUT2D eigenvalue weighted by Gasteiger charge is 2.23. The molecule has 0 spiro atoms. The van der Waals surface area contributed by atoms with E-state index in [4.69, 9.17) is 10.5 Å². The summed E-state index contributed by atoms with van der Waals surface area (Å²) >= 11 is 0. The molecule has 0 aromatic rings. The van der Waals surface area contributed by atoms with Crippen molar-refractivity contribution in [1.29, 1.82) is 0 Å². The highest BCUT2D eigenvalue weighted by atomic mass is 16.5. The lowest BCUT2D eigenvalue weighted by atomic mass is 10.2. The second kappa shape index (κ2) is 7.22. The van der Waals surface area contributed by atoms with Crippen LogP contribution < -0.4 is 5.73 Å². The summed E-state index contributed by atoms with van der Waals surface area (Å²) in [7, 11) is 2.16. The number of nitrogens with zero attached hydrogens (tertiary/aromatic N) is 2. The maximum absolute atomic E-state index is 5.80. The van der Waals surface area contributed by atoms with E-state index in [9.17, 15) is 0 Å². The summed E-state index contributed by atoms with van der Waals surface area (Å²) in [4.78, 5) is 4.81. The smallest absolute Gasteiger partial charge is 0.0593 e. The average Bonchev–Trinajstić information content (AvgIpc) is 2.25. The summed E-state index contributed by atoms with van der Waals surface area (Å²) in [5.41, 5.74) is 5.80. The van der Waals surface area contributed by atoms with Crippen molar-refractivity contribution in [3.05, 3.63) is 0 Å². The van der Waals surface area contributed by atoms with Crippen LogP contribution >= 0.6 is 0 Å². The maximum Gasteiger partial charge on any atom is 0.0593 e. The van der Waals surface area contributed by atoms with Crippen molar-refractivity contribution in [2.45, 2.75) is 19.9 Å². The molecular weight excluding hydrogens is 202 g/mol. The Morgan fingerprint density at radius 3 is 2.75 bits per heavy atom. The molecule has 0 aliphatic carbocycles. The Bertz CT molecular complexity index is 187. The maximum atomic E-state index is 5.80. The third-order valence-electron chi connectivity index (χ3n) is 3.05. The minimum absolute atomic E-state index is 0.501.